The van der Waals surface area contributed by atoms with Crippen molar-refractivity contribution < 1.29 is 34.1 Å². The Morgan fingerprint density at radius 2 is 1.85 bits per heavy atom. The topological polar surface area (TPSA) is 129 Å². The molecule has 2 saturated heterocycles. The van der Waals surface area contributed by atoms with Gasteiger partial charge in [-0.1, -0.05) is 18.6 Å². The van der Waals surface area contributed by atoms with E-state index in [-0.39, 0.29) is 24.3 Å². The van der Waals surface area contributed by atoms with Crippen LogP contribution >= 0.6 is 0 Å². The molecule has 1 amide bonds. The smallest absolute Gasteiger partial charge is 0.290 e. The Balaban J connectivity index is 0.000000618. The molecule has 3 N–H and O–H groups in total. The van der Waals surface area contributed by atoms with Gasteiger partial charge in [-0.3, -0.25) is 24.2 Å². The second-order valence-corrected chi connectivity index (χ2v) is 8.72. The van der Waals surface area contributed by atoms with Crippen molar-refractivity contribution in [1.82, 2.24) is 15.1 Å². The molecule has 34 heavy (non-hydrogen) atoms. The second kappa shape index (κ2) is 14.5. The van der Waals surface area contributed by atoms with Crippen molar-refractivity contribution in [1.29, 1.82) is 0 Å². The number of carbonyl (C=O) groups is 3. The molecule has 10 heteroatoms. The molecule has 0 bridgehead atoms. The van der Waals surface area contributed by atoms with Gasteiger partial charge in [0.05, 0.1) is 25.7 Å². The average molecular weight is 480 g/mol. The highest BCUT2D eigenvalue weighted by molar-refractivity contribution is 5.84. The van der Waals surface area contributed by atoms with Crippen molar-refractivity contribution in [3.05, 3.63) is 29.8 Å². The molecular weight excluding hydrogens is 442 g/mol. The predicted molar refractivity (Wildman–Crippen MR) is 126 cm³/mol. The number of hydrogen-bond donors (Lipinski definition) is 3. The summed E-state index contributed by atoms with van der Waals surface area (Å²) in [6, 6.07) is 8.84. The van der Waals surface area contributed by atoms with E-state index < -0.39 is 0 Å². The zero-order valence-corrected chi connectivity index (χ0v) is 19.9. The number of amides is 1. The Labute approximate surface area is 200 Å². The summed E-state index contributed by atoms with van der Waals surface area (Å²) in [5, 5.41) is 17.0. The molecule has 0 radical (unpaired) electrons. The number of carbonyl (C=O) groups excluding carboxylic acids is 1. The second-order valence-electron chi connectivity index (χ2n) is 8.72. The predicted octanol–water partition coefficient (Wildman–Crippen LogP) is 0.942. The number of nitrogens with zero attached hydrogens (tertiary/aromatic N) is 2. The number of carboxylic acid groups (broad SMARTS) is 2. The summed E-state index contributed by atoms with van der Waals surface area (Å²) in [5.41, 5.74) is 0.864. The van der Waals surface area contributed by atoms with Crippen LogP contribution in [0.5, 0.6) is 5.75 Å². The maximum atomic E-state index is 13.2. The first-order valence-electron chi connectivity index (χ1n) is 11.6. The zero-order chi connectivity index (χ0) is 24.8. The van der Waals surface area contributed by atoms with E-state index in [1.54, 1.807) is 7.11 Å². The molecule has 1 aliphatic carbocycles. The van der Waals surface area contributed by atoms with Gasteiger partial charge in [0.25, 0.3) is 12.9 Å². The van der Waals surface area contributed by atoms with E-state index in [4.69, 9.17) is 29.3 Å². The van der Waals surface area contributed by atoms with E-state index in [1.165, 1.54) is 24.8 Å². The number of methoxy groups -OCH3 is 1. The summed E-state index contributed by atoms with van der Waals surface area (Å²) in [6.45, 7) is 6.37. The van der Waals surface area contributed by atoms with Crippen LogP contribution in [0.15, 0.2) is 24.3 Å². The molecule has 0 spiro atoms. The maximum absolute atomic E-state index is 13.2. The van der Waals surface area contributed by atoms with Gasteiger partial charge in [-0.2, -0.15) is 0 Å². The molecule has 3 fully saturated rings. The van der Waals surface area contributed by atoms with Crippen LogP contribution < -0.4 is 10.1 Å². The van der Waals surface area contributed by atoms with Crippen LogP contribution in [0.25, 0.3) is 0 Å². The monoisotopic (exact) mass is 479 g/mol. The first kappa shape index (κ1) is 27.6. The van der Waals surface area contributed by atoms with Crippen LogP contribution in [-0.4, -0.2) is 104 Å². The molecule has 4 rings (SSSR count). The molecule has 1 saturated carbocycles. The first-order valence-corrected chi connectivity index (χ1v) is 11.6. The van der Waals surface area contributed by atoms with Gasteiger partial charge in [-0.25, -0.2) is 0 Å². The van der Waals surface area contributed by atoms with Crippen LogP contribution in [-0.2, 0) is 25.5 Å². The summed E-state index contributed by atoms with van der Waals surface area (Å²) < 4.78 is 10.8. The van der Waals surface area contributed by atoms with E-state index in [9.17, 15) is 4.79 Å². The lowest BCUT2D eigenvalue weighted by Crippen LogP contribution is -2.67. The summed E-state index contributed by atoms with van der Waals surface area (Å²) in [6.07, 6.45) is 4.67. The number of morpholine rings is 1. The Hall–Kier alpha value is -2.69. The molecular formula is C24H37N3O7. The molecule has 10 nitrogen and oxygen atoms in total. The van der Waals surface area contributed by atoms with Gasteiger partial charge < -0.3 is 25.0 Å². The lowest BCUT2D eigenvalue weighted by Gasteiger charge is -2.54. The standard InChI is InChI=1S/C22H33N3O3.2CH2O2/c1-27-20-7-2-4-18(14-20)15-22(16-25(17-22)19-5-3-6-19)21(26)23-8-9-24-10-12-28-13-11-24;2*2-1-3/h2,4,7,14,19H,3,5-6,8-13,15-17H2,1H3,(H,23,26);2*1H,(H,2,3). The van der Waals surface area contributed by atoms with E-state index >= 15 is 0 Å². The molecule has 2 heterocycles. The molecule has 2 aliphatic heterocycles. The first-order chi connectivity index (χ1) is 16.5. The van der Waals surface area contributed by atoms with Gasteiger partial charge in [0, 0.05) is 45.3 Å². The SMILES string of the molecule is COc1cccc(CC2(C(=O)NCCN3CCOCC3)CN(C3CCC3)C2)c1.O=CO.O=CO. The van der Waals surface area contributed by atoms with Gasteiger partial charge in [0.15, 0.2) is 0 Å². The Morgan fingerprint density at radius 3 is 2.41 bits per heavy atom. The third-order valence-corrected chi connectivity index (χ3v) is 6.58. The fourth-order valence-electron chi connectivity index (χ4n) is 4.59. The Kier molecular flexibility index (Phi) is 11.8. The summed E-state index contributed by atoms with van der Waals surface area (Å²) in [5.74, 6) is 1.06. The van der Waals surface area contributed by atoms with Crippen molar-refractivity contribution in [3.63, 3.8) is 0 Å². The van der Waals surface area contributed by atoms with Gasteiger partial charge >= 0.3 is 0 Å². The summed E-state index contributed by atoms with van der Waals surface area (Å²) >= 11 is 0. The third kappa shape index (κ3) is 7.96. The lowest BCUT2D eigenvalue weighted by atomic mass is 9.71. The van der Waals surface area contributed by atoms with Crippen LogP contribution in [0.1, 0.15) is 24.8 Å². The minimum atomic E-state index is -0.313. The summed E-state index contributed by atoms with van der Waals surface area (Å²) in [7, 11) is 1.69. The number of likely N-dealkylation sites (tertiary alicyclic amines) is 1. The Bertz CT molecular complexity index is 755. The zero-order valence-electron chi connectivity index (χ0n) is 19.9. The highest BCUT2D eigenvalue weighted by atomic mass is 16.5. The van der Waals surface area contributed by atoms with E-state index in [0.717, 1.165) is 58.1 Å². The van der Waals surface area contributed by atoms with Gasteiger partial charge in [-0.15, -0.1) is 0 Å². The minimum absolute atomic E-state index is 0.208. The molecule has 3 aliphatic rings. The van der Waals surface area contributed by atoms with Gasteiger partial charge in [-0.05, 0) is 37.0 Å². The molecule has 190 valence electrons. The fraction of sp³-hybridized carbons (Fsp3) is 0.625. The maximum Gasteiger partial charge on any atom is 0.290 e. The summed E-state index contributed by atoms with van der Waals surface area (Å²) in [4.78, 5) is 34.8. The normalized spacial score (nSPS) is 19.6. The van der Waals surface area contributed by atoms with Crippen molar-refractivity contribution >= 4 is 18.9 Å². The molecule has 0 atom stereocenters. The Morgan fingerprint density at radius 1 is 1.21 bits per heavy atom. The van der Waals surface area contributed by atoms with Crippen molar-refractivity contribution in [2.45, 2.75) is 31.7 Å². The van der Waals surface area contributed by atoms with Crippen LogP contribution in [0.4, 0.5) is 0 Å². The van der Waals surface area contributed by atoms with Crippen molar-refractivity contribution in [2.75, 3.05) is 59.6 Å². The highest BCUT2D eigenvalue weighted by Crippen LogP contribution is 2.40. The molecule has 0 aromatic heterocycles. The van der Waals surface area contributed by atoms with Gasteiger partial charge in [0.1, 0.15) is 5.75 Å². The van der Waals surface area contributed by atoms with E-state index in [0.29, 0.717) is 12.6 Å². The highest BCUT2D eigenvalue weighted by Gasteiger charge is 2.51. The van der Waals surface area contributed by atoms with Crippen LogP contribution in [0.2, 0.25) is 0 Å². The van der Waals surface area contributed by atoms with E-state index in [1.807, 2.05) is 12.1 Å². The van der Waals surface area contributed by atoms with Gasteiger partial charge in [0.2, 0.25) is 5.91 Å². The van der Waals surface area contributed by atoms with E-state index in [2.05, 4.69) is 27.2 Å². The number of benzene rings is 1. The number of hydrogen-bond acceptors (Lipinski definition) is 7. The van der Waals surface area contributed by atoms with Crippen molar-refractivity contribution in [3.8, 4) is 5.75 Å². The largest absolute Gasteiger partial charge is 0.497 e. The minimum Gasteiger partial charge on any atom is -0.497 e. The lowest BCUT2D eigenvalue weighted by molar-refractivity contribution is -0.146. The fourth-order valence-corrected chi connectivity index (χ4v) is 4.59. The number of nitrogens with one attached hydrogen (secondary N) is 1. The van der Waals surface area contributed by atoms with Crippen LogP contribution in [0.3, 0.4) is 0 Å². The molecule has 1 aromatic carbocycles. The molecule has 1 aromatic rings. The number of ether oxygens (including phenoxy) is 2. The third-order valence-electron chi connectivity index (χ3n) is 6.58. The quantitative estimate of drug-likeness (QED) is 0.467. The number of rotatable bonds is 8. The van der Waals surface area contributed by atoms with Crippen LogP contribution in [0, 0.1) is 5.41 Å². The molecule has 0 unspecified atom stereocenters. The van der Waals surface area contributed by atoms with Crippen molar-refractivity contribution in [2.24, 2.45) is 5.41 Å². The average Bonchev–Trinajstić information content (AvgIpc) is 2.78.